The van der Waals surface area contributed by atoms with Crippen LogP contribution < -0.4 is 0 Å². The first-order chi connectivity index (χ1) is 15.1. The molecule has 0 radical (unpaired) electrons. The van der Waals surface area contributed by atoms with Gasteiger partial charge in [-0.2, -0.15) is 0 Å². The van der Waals surface area contributed by atoms with Gasteiger partial charge < -0.3 is 4.90 Å². The fraction of sp³-hybridized carbons (Fsp3) is 0.560. The second kappa shape index (κ2) is 8.32. The molecule has 164 valence electrons. The Balaban J connectivity index is 1.35. The molecule has 3 aliphatic rings. The number of amides is 1. The highest BCUT2D eigenvalue weighted by molar-refractivity contribution is 5.86. The third kappa shape index (κ3) is 3.66. The number of likely N-dealkylation sites (tertiary alicyclic amines) is 3. The van der Waals surface area contributed by atoms with Crippen LogP contribution in [0.15, 0.2) is 49.1 Å². The lowest BCUT2D eigenvalue weighted by molar-refractivity contribution is -0.142. The highest BCUT2D eigenvalue weighted by atomic mass is 16.2. The Labute approximate surface area is 185 Å². The van der Waals surface area contributed by atoms with Crippen molar-refractivity contribution < 1.29 is 4.79 Å². The van der Waals surface area contributed by atoms with E-state index >= 15 is 0 Å². The molecule has 6 nitrogen and oxygen atoms in total. The second-order valence-corrected chi connectivity index (χ2v) is 9.64. The summed E-state index contributed by atoms with van der Waals surface area (Å²) in [6.07, 6.45) is 10.8. The van der Waals surface area contributed by atoms with Crippen molar-refractivity contribution in [2.75, 3.05) is 39.3 Å². The number of carbonyl (C=O) groups is 1. The summed E-state index contributed by atoms with van der Waals surface area (Å²) in [6, 6.07) is 8.33. The molecule has 0 unspecified atom stereocenters. The molecule has 5 heterocycles. The molecular formula is C25H33N5O. The maximum Gasteiger partial charge on any atom is 0.230 e. The molecule has 0 aromatic carbocycles. The Bertz CT molecular complexity index is 897. The number of pyridine rings is 2. The predicted octanol–water partition coefficient (Wildman–Crippen LogP) is 2.81. The van der Waals surface area contributed by atoms with E-state index in [1.165, 1.54) is 11.1 Å². The van der Waals surface area contributed by atoms with E-state index in [2.05, 4.69) is 43.7 Å². The maximum absolute atomic E-state index is 13.7. The van der Waals surface area contributed by atoms with Crippen molar-refractivity contribution in [2.24, 2.45) is 10.8 Å². The molecule has 6 heteroatoms. The SMILES string of the molecule is CCN1CC[C@@]2(CN(Cc3cccnc3)CC23CCN(Cc2cccnc2)CC3)C1=O. The van der Waals surface area contributed by atoms with E-state index in [4.69, 9.17) is 0 Å². The van der Waals surface area contributed by atoms with Crippen LogP contribution in [0, 0.1) is 10.8 Å². The molecule has 0 N–H and O–H groups in total. The molecule has 5 rings (SSSR count). The first-order valence-electron chi connectivity index (χ1n) is 11.7. The van der Waals surface area contributed by atoms with E-state index in [-0.39, 0.29) is 10.8 Å². The number of carbonyl (C=O) groups excluding carboxylic acids is 1. The zero-order valence-corrected chi connectivity index (χ0v) is 18.5. The molecule has 1 amide bonds. The summed E-state index contributed by atoms with van der Waals surface area (Å²) in [7, 11) is 0. The molecule has 3 fully saturated rings. The zero-order valence-electron chi connectivity index (χ0n) is 18.5. The van der Waals surface area contributed by atoms with Gasteiger partial charge in [0.25, 0.3) is 0 Å². The van der Waals surface area contributed by atoms with E-state index in [9.17, 15) is 4.79 Å². The van der Waals surface area contributed by atoms with Gasteiger partial charge in [0.1, 0.15) is 0 Å². The van der Waals surface area contributed by atoms with Crippen LogP contribution in [0.2, 0.25) is 0 Å². The predicted molar refractivity (Wildman–Crippen MR) is 120 cm³/mol. The van der Waals surface area contributed by atoms with Gasteiger partial charge in [0.15, 0.2) is 0 Å². The summed E-state index contributed by atoms with van der Waals surface area (Å²) in [5.74, 6) is 0.407. The number of rotatable bonds is 5. The third-order valence-corrected chi connectivity index (χ3v) is 7.99. The van der Waals surface area contributed by atoms with Crippen LogP contribution in [0.1, 0.15) is 37.3 Å². The highest BCUT2D eigenvalue weighted by Crippen LogP contribution is 2.58. The van der Waals surface area contributed by atoms with Gasteiger partial charge >= 0.3 is 0 Å². The summed E-state index contributed by atoms with van der Waals surface area (Å²) >= 11 is 0. The molecule has 2 spiro atoms. The molecule has 31 heavy (non-hydrogen) atoms. The van der Waals surface area contributed by atoms with Crippen LogP contribution in [0.3, 0.4) is 0 Å². The summed E-state index contributed by atoms with van der Waals surface area (Å²) in [5, 5.41) is 0. The van der Waals surface area contributed by atoms with Crippen LogP contribution in [0.25, 0.3) is 0 Å². The number of hydrogen-bond acceptors (Lipinski definition) is 5. The molecule has 3 aliphatic heterocycles. The number of nitrogens with zero attached hydrogens (tertiary/aromatic N) is 5. The minimum absolute atomic E-state index is 0.0850. The number of piperidine rings is 1. The molecule has 3 saturated heterocycles. The lowest BCUT2D eigenvalue weighted by Gasteiger charge is -2.47. The third-order valence-electron chi connectivity index (χ3n) is 7.99. The number of hydrogen-bond donors (Lipinski definition) is 0. The van der Waals surface area contributed by atoms with E-state index in [1.807, 2.05) is 36.9 Å². The Morgan fingerprint density at radius 2 is 1.52 bits per heavy atom. The molecule has 2 aromatic rings. The van der Waals surface area contributed by atoms with Gasteiger partial charge in [0, 0.05) is 69.5 Å². The van der Waals surface area contributed by atoms with E-state index in [0.717, 1.165) is 71.6 Å². The second-order valence-electron chi connectivity index (χ2n) is 9.64. The van der Waals surface area contributed by atoms with Gasteiger partial charge in [-0.3, -0.25) is 24.6 Å². The lowest BCUT2D eigenvalue weighted by atomic mass is 9.60. The van der Waals surface area contributed by atoms with Gasteiger partial charge in [-0.25, -0.2) is 0 Å². The maximum atomic E-state index is 13.7. The van der Waals surface area contributed by atoms with Crippen LogP contribution in [-0.2, 0) is 17.9 Å². The normalized spacial score (nSPS) is 26.4. The van der Waals surface area contributed by atoms with Crippen molar-refractivity contribution in [3.63, 3.8) is 0 Å². The average Bonchev–Trinajstić information content (AvgIpc) is 3.28. The fourth-order valence-corrected chi connectivity index (χ4v) is 6.35. The summed E-state index contributed by atoms with van der Waals surface area (Å²) in [4.78, 5) is 29.4. The zero-order chi connectivity index (χ0) is 21.3. The Morgan fingerprint density at radius 1 is 0.871 bits per heavy atom. The minimum Gasteiger partial charge on any atom is -0.342 e. The van der Waals surface area contributed by atoms with Crippen LogP contribution in [0.5, 0.6) is 0 Å². The van der Waals surface area contributed by atoms with E-state index < -0.39 is 0 Å². The summed E-state index contributed by atoms with van der Waals surface area (Å²) in [6.45, 7) is 9.70. The Hall–Kier alpha value is -2.31. The highest BCUT2D eigenvalue weighted by Gasteiger charge is 2.64. The Morgan fingerprint density at radius 3 is 2.06 bits per heavy atom. The molecule has 0 bridgehead atoms. The molecule has 1 atom stereocenters. The average molecular weight is 420 g/mol. The number of fused-ring (bicyclic) bond motifs is 1. The molecule has 0 saturated carbocycles. The van der Waals surface area contributed by atoms with Crippen LogP contribution in [0.4, 0.5) is 0 Å². The van der Waals surface area contributed by atoms with Crippen molar-refractivity contribution in [1.82, 2.24) is 24.7 Å². The largest absolute Gasteiger partial charge is 0.342 e. The molecule has 0 aliphatic carbocycles. The van der Waals surface area contributed by atoms with E-state index in [1.54, 1.807) is 0 Å². The number of aromatic nitrogens is 2. The smallest absolute Gasteiger partial charge is 0.230 e. The lowest BCUT2D eigenvalue weighted by Crippen LogP contribution is -2.52. The van der Waals surface area contributed by atoms with Crippen molar-refractivity contribution in [3.05, 3.63) is 60.2 Å². The molecule has 2 aromatic heterocycles. The van der Waals surface area contributed by atoms with Crippen molar-refractivity contribution >= 4 is 5.91 Å². The van der Waals surface area contributed by atoms with Gasteiger partial charge in [-0.05, 0) is 62.5 Å². The van der Waals surface area contributed by atoms with Crippen LogP contribution in [-0.4, -0.2) is 69.8 Å². The first-order valence-corrected chi connectivity index (χ1v) is 11.7. The van der Waals surface area contributed by atoms with Gasteiger partial charge in [0.05, 0.1) is 5.41 Å². The van der Waals surface area contributed by atoms with Crippen molar-refractivity contribution in [1.29, 1.82) is 0 Å². The van der Waals surface area contributed by atoms with Crippen LogP contribution >= 0.6 is 0 Å². The standard InChI is InChI=1S/C25H33N5O/c1-2-30-14-9-25(23(30)31)20-29(18-22-6-4-11-27-16-22)19-24(25)7-12-28(13-8-24)17-21-5-3-10-26-15-21/h3-6,10-11,15-16H,2,7-9,12-14,17-20H2,1H3/t25-/m1/s1. The Kier molecular flexibility index (Phi) is 5.52. The van der Waals surface area contributed by atoms with Crippen molar-refractivity contribution in [3.8, 4) is 0 Å². The quantitative estimate of drug-likeness (QED) is 0.746. The van der Waals surface area contributed by atoms with Crippen molar-refractivity contribution in [2.45, 2.75) is 39.3 Å². The van der Waals surface area contributed by atoms with Gasteiger partial charge in [-0.1, -0.05) is 12.1 Å². The summed E-state index contributed by atoms with van der Waals surface area (Å²) < 4.78 is 0. The monoisotopic (exact) mass is 419 g/mol. The fourth-order valence-electron chi connectivity index (χ4n) is 6.35. The van der Waals surface area contributed by atoms with Gasteiger partial charge in [-0.15, -0.1) is 0 Å². The van der Waals surface area contributed by atoms with Gasteiger partial charge in [0.2, 0.25) is 5.91 Å². The first kappa shape index (κ1) is 20.6. The topological polar surface area (TPSA) is 52.6 Å². The van der Waals surface area contributed by atoms with E-state index in [0.29, 0.717) is 5.91 Å². The summed E-state index contributed by atoms with van der Waals surface area (Å²) in [5.41, 5.74) is 2.38. The molecular weight excluding hydrogens is 386 g/mol. The minimum atomic E-state index is -0.217.